The molecule has 1 nitrogen and oxygen atoms in total. The molecule has 0 spiro atoms. The summed E-state index contributed by atoms with van der Waals surface area (Å²) in [6.45, 7) is 6.88. The predicted molar refractivity (Wildman–Crippen MR) is 75.4 cm³/mol. The molecular formula is C16H23N. The smallest absolute Gasteiger partial charge is 0.0366 e. The maximum Gasteiger partial charge on any atom is 0.0366 e. The molecule has 0 bridgehead atoms. The van der Waals surface area contributed by atoms with Crippen molar-refractivity contribution in [1.29, 1.82) is 0 Å². The van der Waals surface area contributed by atoms with Crippen molar-refractivity contribution in [3.63, 3.8) is 0 Å². The maximum absolute atomic E-state index is 2.51. The Morgan fingerprint density at radius 1 is 1.18 bits per heavy atom. The average molecular weight is 229 g/mol. The topological polar surface area (TPSA) is 3.24 Å². The molecule has 1 aliphatic rings. The minimum Gasteiger partial charge on any atom is -0.372 e. The summed E-state index contributed by atoms with van der Waals surface area (Å²) >= 11 is 0. The van der Waals surface area contributed by atoms with Crippen LogP contribution in [0, 0.1) is 11.8 Å². The van der Waals surface area contributed by atoms with Crippen LogP contribution in [0.15, 0.2) is 42.5 Å². The van der Waals surface area contributed by atoms with Crippen molar-refractivity contribution in [3.05, 3.63) is 42.5 Å². The fraction of sp³-hybridized carbons (Fsp3) is 0.500. The molecule has 0 radical (unpaired) electrons. The summed E-state index contributed by atoms with van der Waals surface area (Å²) in [5, 5.41) is 0. The monoisotopic (exact) mass is 229 g/mol. The van der Waals surface area contributed by atoms with Crippen molar-refractivity contribution in [2.45, 2.75) is 26.7 Å². The lowest BCUT2D eigenvalue weighted by Crippen LogP contribution is -2.35. The number of anilines is 1. The molecule has 1 aromatic rings. The van der Waals surface area contributed by atoms with E-state index in [-0.39, 0.29) is 0 Å². The third kappa shape index (κ3) is 3.12. The lowest BCUT2D eigenvalue weighted by Gasteiger charge is -2.35. The van der Waals surface area contributed by atoms with E-state index in [9.17, 15) is 0 Å². The highest BCUT2D eigenvalue weighted by Crippen LogP contribution is 2.28. The highest BCUT2D eigenvalue weighted by Gasteiger charge is 2.22. The van der Waals surface area contributed by atoms with Gasteiger partial charge in [0.1, 0.15) is 0 Å². The molecule has 17 heavy (non-hydrogen) atoms. The molecule has 0 aromatic heterocycles. The van der Waals surface area contributed by atoms with Gasteiger partial charge >= 0.3 is 0 Å². The van der Waals surface area contributed by atoms with Crippen LogP contribution in [0.1, 0.15) is 26.7 Å². The van der Waals surface area contributed by atoms with E-state index in [1.807, 2.05) is 0 Å². The summed E-state index contributed by atoms with van der Waals surface area (Å²) in [5.74, 6) is 1.60. The largest absolute Gasteiger partial charge is 0.372 e. The van der Waals surface area contributed by atoms with Crippen LogP contribution in [0.5, 0.6) is 0 Å². The van der Waals surface area contributed by atoms with Gasteiger partial charge in [-0.25, -0.2) is 0 Å². The van der Waals surface area contributed by atoms with Gasteiger partial charge in [0, 0.05) is 18.8 Å². The fourth-order valence-electron chi connectivity index (χ4n) is 2.78. The molecule has 1 atom stereocenters. The van der Waals surface area contributed by atoms with Gasteiger partial charge in [-0.1, -0.05) is 37.3 Å². The van der Waals surface area contributed by atoms with Crippen LogP contribution in [-0.4, -0.2) is 13.1 Å². The van der Waals surface area contributed by atoms with E-state index < -0.39 is 0 Å². The van der Waals surface area contributed by atoms with Crippen molar-refractivity contribution in [3.8, 4) is 0 Å². The summed E-state index contributed by atoms with van der Waals surface area (Å²) in [4.78, 5) is 2.51. The van der Waals surface area contributed by atoms with Gasteiger partial charge < -0.3 is 4.90 Å². The minimum atomic E-state index is 0.734. The Labute approximate surface area is 105 Å². The highest BCUT2D eigenvalue weighted by atomic mass is 15.1. The minimum absolute atomic E-state index is 0.734. The van der Waals surface area contributed by atoms with E-state index in [1.54, 1.807) is 0 Å². The quantitative estimate of drug-likeness (QED) is 0.705. The number of para-hydroxylation sites is 1. The summed E-state index contributed by atoms with van der Waals surface area (Å²) in [6.07, 6.45) is 7.18. The van der Waals surface area contributed by atoms with E-state index in [0.29, 0.717) is 0 Å². The molecule has 0 aliphatic carbocycles. The van der Waals surface area contributed by atoms with E-state index in [2.05, 4.69) is 61.2 Å². The molecule has 1 aliphatic heterocycles. The first-order chi connectivity index (χ1) is 8.31. The summed E-state index contributed by atoms with van der Waals surface area (Å²) in [6, 6.07) is 10.8. The Morgan fingerprint density at radius 3 is 2.41 bits per heavy atom. The van der Waals surface area contributed by atoms with Crippen LogP contribution >= 0.6 is 0 Å². The van der Waals surface area contributed by atoms with E-state index in [1.165, 1.54) is 31.6 Å². The molecule has 1 heteroatoms. The van der Waals surface area contributed by atoms with Crippen LogP contribution in [0.2, 0.25) is 0 Å². The van der Waals surface area contributed by atoms with Crippen molar-refractivity contribution in [2.24, 2.45) is 11.8 Å². The van der Waals surface area contributed by atoms with Crippen LogP contribution in [0.25, 0.3) is 0 Å². The van der Waals surface area contributed by atoms with Crippen molar-refractivity contribution >= 4 is 5.69 Å². The van der Waals surface area contributed by atoms with Gasteiger partial charge in [0.05, 0.1) is 0 Å². The first kappa shape index (κ1) is 12.2. The standard InChI is InChI=1S/C16H23N/c1-3-7-14(2)15-10-12-17(13-11-15)16-8-5-4-6-9-16/h3-9,14-15H,10-13H2,1-2H3/b7-3-. The number of rotatable bonds is 3. The average Bonchev–Trinajstić information content (AvgIpc) is 2.40. The van der Waals surface area contributed by atoms with Crippen molar-refractivity contribution in [1.82, 2.24) is 0 Å². The summed E-state index contributed by atoms with van der Waals surface area (Å²) in [7, 11) is 0. The normalized spacial score (nSPS) is 19.8. The molecule has 0 N–H and O–H groups in total. The van der Waals surface area contributed by atoms with Gasteiger partial charge in [-0.15, -0.1) is 0 Å². The summed E-state index contributed by atoms with van der Waals surface area (Å²) < 4.78 is 0. The molecule has 1 unspecified atom stereocenters. The lowest BCUT2D eigenvalue weighted by atomic mass is 9.85. The Balaban J connectivity index is 1.90. The number of piperidine rings is 1. The number of nitrogens with zero attached hydrogens (tertiary/aromatic N) is 1. The molecule has 92 valence electrons. The van der Waals surface area contributed by atoms with Crippen molar-refractivity contribution in [2.75, 3.05) is 18.0 Å². The second-order valence-corrected chi connectivity index (χ2v) is 5.04. The molecule has 1 fully saturated rings. The highest BCUT2D eigenvalue weighted by molar-refractivity contribution is 5.46. The Kier molecular flexibility index (Phi) is 4.24. The molecule has 1 saturated heterocycles. The zero-order valence-corrected chi connectivity index (χ0v) is 11.0. The van der Waals surface area contributed by atoms with Crippen LogP contribution in [0.4, 0.5) is 5.69 Å². The predicted octanol–water partition coefficient (Wildman–Crippen LogP) is 4.12. The maximum atomic E-state index is 2.51. The Morgan fingerprint density at radius 2 is 1.82 bits per heavy atom. The lowest BCUT2D eigenvalue weighted by molar-refractivity contribution is 0.336. The molecular weight excluding hydrogens is 206 g/mol. The van der Waals surface area contributed by atoms with Gasteiger partial charge in [-0.3, -0.25) is 0 Å². The zero-order chi connectivity index (χ0) is 12.1. The third-order valence-electron chi connectivity index (χ3n) is 3.90. The van der Waals surface area contributed by atoms with Crippen molar-refractivity contribution < 1.29 is 0 Å². The van der Waals surface area contributed by atoms with E-state index >= 15 is 0 Å². The first-order valence-corrected chi connectivity index (χ1v) is 6.74. The van der Waals surface area contributed by atoms with E-state index in [4.69, 9.17) is 0 Å². The molecule has 1 aromatic carbocycles. The number of hydrogen-bond acceptors (Lipinski definition) is 1. The third-order valence-corrected chi connectivity index (χ3v) is 3.90. The van der Waals surface area contributed by atoms with Gasteiger partial charge in [0.2, 0.25) is 0 Å². The first-order valence-electron chi connectivity index (χ1n) is 6.74. The molecule has 0 saturated carbocycles. The molecule has 0 amide bonds. The van der Waals surface area contributed by atoms with Gasteiger partial charge in [0.25, 0.3) is 0 Å². The van der Waals surface area contributed by atoms with Crippen LogP contribution in [0.3, 0.4) is 0 Å². The SMILES string of the molecule is C/C=C\C(C)C1CCN(c2ccccc2)CC1. The van der Waals surface area contributed by atoms with Gasteiger partial charge in [-0.2, -0.15) is 0 Å². The van der Waals surface area contributed by atoms with Crippen LogP contribution < -0.4 is 4.90 Å². The second-order valence-electron chi connectivity index (χ2n) is 5.04. The summed E-state index contributed by atoms with van der Waals surface area (Å²) in [5.41, 5.74) is 1.38. The second kappa shape index (κ2) is 5.90. The van der Waals surface area contributed by atoms with Gasteiger partial charge in [-0.05, 0) is 43.7 Å². The Bertz CT molecular complexity index is 347. The Hall–Kier alpha value is -1.24. The molecule has 2 rings (SSSR count). The fourth-order valence-corrected chi connectivity index (χ4v) is 2.78. The number of benzene rings is 1. The van der Waals surface area contributed by atoms with E-state index in [0.717, 1.165) is 11.8 Å². The molecule has 1 heterocycles. The number of hydrogen-bond donors (Lipinski definition) is 0. The number of allylic oxidation sites excluding steroid dienone is 2. The van der Waals surface area contributed by atoms with Gasteiger partial charge in [0.15, 0.2) is 0 Å². The zero-order valence-electron chi connectivity index (χ0n) is 11.0. The van der Waals surface area contributed by atoms with Crippen LogP contribution in [-0.2, 0) is 0 Å².